The molecule has 0 saturated heterocycles. The molecule has 3 rings (SSSR count). The molecule has 0 atom stereocenters. The van der Waals surface area contributed by atoms with Crippen LogP contribution in [0.2, 0.25) is 10.8 Å². The van der Waals surface area contributed by atoms with Crippen LogP contribution in [0.15, 0.2) is 47.5 Å². The van der Waals surface area contributed by atoms with E-state index in [9.17, 15) is 5.53 Å². The van der Waals surface area contributed by atoms with Gasteiger partial charge in [0.1, 0.15) is 0 Å². The Labute approximate surface area is 577 Å². The Kier molecular flexibility index (Phi) is 59.9. The third-order valence-electron chi connectivity index (χ3n) is 20.3. The van der Waals surface area contributed by atoms with Crippen LogP contribution in [0, 0.1) is 0 Å². The van der Waals surface area contributed by atoms with E-state index in [0.717, 1.165) is 62.8 Å². The molecule has 0 unspecified atom stereocenters. The van der Waals surface area contributed by atoms with E-state index in [-0.39, 0.29) is 0 Å². The average Bonchev–Trinajstić information content (AvgIpc) is 1.62. The summed E-state index contributed by atoms with van der Waals surface area (Å²) >= 11 is 1.82. The van der Waals surface area contributed by atoms with E-state index < -0.39 is 0 Å². The molecule has 0 aromatic heterocycles. The zero-order valence-corrected chi connectivity index (χ0v) is 63.9. The molecule has 3 heteroatoms. The van der Waals surface area contributed by atoms with Crippen LogP contribution < -0.4 is 0 Å². The first-order valence-corrected chi connectivity index (χ1v) is 43.0. The van der Waals surface area contributed by atoms with Crippen molar-refractivity contribution in [3.8, 4) is 0 Å². The normalized spacial score (nSPS) is 12.6. The fraction of sp³-hybridized carbons (Fsp3) is 0.818. The summed E-state index contributed by atoms with van der Waals surface area (Å²) < 4.78 is 1.69. The van der Waals surface area contributed by atoms with Gasteiger partial charge in [-0.05, 0) is 111 Å². The molecular weight excluding hydrogens is 1140 g/mol. The van der Waals surface area contributed by atoms with E-state index in [1.54, 1.807) is 4.70 Å². The molecule has 91 heavy (non-hydrogen) atoms. The van der Waals surface area contributed by atoms with Gasteiger partial charge < -0.3 is 5.53 Å². The third-order valence-corrected chi connectivity index (χ3v) is 21.3. The Morgan fingerprint density at radius 2 is 0.429 bits per heavy atom. The molecule has 0 spiro atoms. The van der Waals surface area contributed by atoms with Crippen molar-refractivity contribution < 1.29 is 19.1 Å². The molecule has 0 bridgehead atoms. The van der Waals surface area contributed by atoms with Gasteiger partial charge in [0.2, 0.25) is 11.4 Å². The van der Waals surface area contributed by atoms with E-state index in [0.29, 0.717) is 0 Å². The number of benzene rings is 2. The predicted octanol–water partition coefficient (Wildman–Crippen LogP) is 31.7. The summed E-state index contributed by atoms with van der Waals surface area (Å²) in [4.78, 5) is 0. The first-order valence-electron chi connectivity index (χ1n) is 41.6. The topological polar surface area (TPSA) is 25.3 Å². The zero-order valence-electron chi connectivity index (χ0n) is 62.9. The molecule has 0 saturated carbocycles. The van der Waals surface area contributed by atoms with Crippen LogP contribution in [0.25, 0.3) is 16.9 Å². The first kappa shape index (κ1) is 85.1. The Bertz CT molecular complexity index is 2000. The molecule has 1 heterocycles. The van der Waals surface area contributed by atoms with Gasteiger partial charge in [-0.25, -0.2) is 4.70 Å². The van der Waals surface area contributed by atoms with Crippen molar-refractivity contribution >= 4 is 11.4 Å². The van der Waals surface area contributed by atoms with Crippen molar-refractivity contribution in [1.82, 2.24) is 0 Å². The molecular formula is C88H158N2Ni. The molecule has 0 radical (unpaired) electrons. The molecule has 0 aliphatic carbocycles. The first-order chi connectivity index (χ1) is 44.9. The minimum atomic E-state index is 1.02. The number of allylic oxidation sites excluding steroid dienone is 2. The van der Waals surface area contributed by atoms with Crippen LogP contribution in [0.5, 0.6) is 0 Å². The van der Waals surface area contributed by atoms with Gasteiger partial charge in [0.15, 0.2) is 0 Å². The van der Waals surface area contributed by atoms with Gasteiger partial charge in [0.25, 0.3) is 0 Å². The van der Waals surface area contributed by atoms with Crippen molar-refractivity contribution in [3.63, 3.8) is 0 Å². The number of aryl methyl sites for hydroxylation is 4. The van der Waals surface area contributed by atoms with Crippen molar-refractivity contribution in [1.29, 1.82) is 0 Å². The van der Waals surface area contributed by atoms with Crippen LogP contribution in [0.4, 0.5) is 0 Å². The number of hydrogen-bond donors (Lipinski definition) is 0. The van der Waals surface area contributed by atoms with Crippen LogP contribution in [0.3, 0.4) is 0 Å². The fourth-order valence-corrected chi connectivity index (χ4v) is 15.0. The van der Waals surface area contributed by atoms with Gasteiger partial charge in [-0.15, -0.1) is 0 Å². The number of rotatable bonds is 66. The summed E-state index contributed by atoms with van der Waals surface area (Å²) in [7, 11) is 0. The Hall–Kier alpha value is -1.99. The van der Waals surface area contributed by atoms with Crippen LogP contribution in [0.1, 0.15) is 461 Å². The van der Waals surface area contributed by atoms with Gasteiger partial charge in [-0.2, -0.15) is 0 Å². The maximum atomic E-state index is 12.8. The molecule has 0 amide bonds. The van der Waals surface area contributed by atoms with E-state index in [1.165, 1.54) is 402 Å². The Morgan fingerprint density at radius 1 is 0.231 bits per heavy atom. The summed E-state index contributed by atoms with van der Waals surface area (Å²) in [6.45, 7) is 18.3. The van der Waals surface area contributed by atoms with Gasteiger partial charge in [0.05, 0.1) is 0 Å². The second-order valence-electron chi connectivity index (χ2n) is 28.7. The molecule has 2 aromatic rings. The van der Waals surface area contributed by atoms with E-state index >= 15 is 0 Å². The van der Waals surface area contributed by atoms with Crippen molar-refractivity contribution in [2.75, 3.05) is 0 Å². The molecule has 2 aromatic carbocycles. The van der Waals surface area contributed by atoms with E-state index in [4.69, 9.17) is 0 Å². The van der Waals surface area contributed by atoms with E-state index in [1.807, 2.05) is 14.4 Å². The van der Waals surface area contributed by atoms with Crippen LogP contribution in [-0.4, -0.2) is 4.70 Å². The number of unbranched alkanes of at least 4 members (excludes halogenated alkanes) is 52. The quantitative estimate of drug-likeness (QED) is 0.0358. The van der Waals surface area contributed by atoms with Crippen LogP contribution in [-0.2, 0) is 40.1 Å². The predicted molar refractivity (Wildman–Crippen MR) is 408 cm³/mol. The van der Waals surface area contributed by atoms with Gasteiger partial charge in [-0.1, -0.05) is 388 Å². The fourth-order valence-electron chi connectivity index (χ4n) is 14.5. The average molecular weight is 1300 g/mol. The van der Waals surface area contributed by atoms with Gasteiger partial charge in [-0.3, -0.25) is 0 Å². The summed E-state index contributed by atoms with van der Waals surface area (Å²) in [5.74, 6) is 0. The van der Waals surface area contributed by atoms with Crippen molar-refractivity contribution in [2.45, 2.75) is 464 Å². The molecule has 1 aliphatic heterocycles. The molecule has 0 fully saturated rings. The second-order valence-corrected chi connectivity index (χ2v) is 30.6. The monoisotopic (exact) mass is 1300 g/mol. The zero-order chi connectivity index (χ0) is 65.6. The number of hydrogen-bond acceptors (Lipinski definition) is 0. The maximum absolute atomic E-state index is 12.8. The second kappa shape index (κ2) is 64.0. The van der Waals surface area contributed by atoms with Gasteiger partial charge >= 0.3 is 39.1 Å². The SMILES string of the molecule is CCCCCCCCCCCCCCCCCCCCCCCCCCCc1cc(CC)cc(C2=C(CCCC)C(CCCCCC)=C(c3cc(CC)cc(CCCCCCCCCCCCCCCCCCCCCCCCCCC)c3)[N+]2=[N-])c1.C[CH2][Ni][CH2]C. The van der Waals surface area contributed by atoms with Crippen LogP contribution >= 0.6 is 0 Å². The molecule has 0 N–H and O–H groups in total. The standard InChI is InChI=1S/C84H148N2.2C2H5.Ni/c1-7-13-17-20-22-24-26-28-30-32-34-36-38-40-42-44-46-48-50-52-54-56-58-60-62-65-77-69-75(11-5)71-79(73-77)83-81(67-16-10-4)82(68-64-19-15-9-3)84(86(83)85)80-72-76(12-6)70-78(74-80)66-63-61-59-57-55-53-51-49-47-45-43-41-39-37-35-33-31-29-27-25-23-21-18-14-8-2;2*1-2;/h69-74H,7-68H2,1-6H3;2*1H2,2H3;. The summed E-state index contributed by atoms with van der Waals surface area (Å²) in [5.41, 5.74) is 26.0. The summed E-state index contributed by atoms with van der Waals surface area (Å²) in [6, 6.07) is 14.7. The van der Waals surface area contributed by atoms with Gasteiger partial charge in [0, 0.05) is 22.3 Å². The molecule has 530 valence electrons. The third kappa shape index (κ3) is 45.2. The van der Waals surface area contributed by atoms with Crippen molar-refractivity contribution in [3.05, 3.63) is 86.5 Å². The minimum absolute atomic E-state index is 1.02. The van der Waals surface area contributed by atoms with Crippen molar-refractivity contribution in [2.24, 2.45) is 0 Å². The molecule has 2 nitrogen and oxygen atoms in total. The number of nitrogens with zero attached hydrogens (tertiary/aromatic N) is 2. The molecule has 1 aliphatic rings. The Balaban J connectivity index is 0.00000541. The Morgan fingerprint density at radius 3 is 0.648 bits per heavy atom. The van der Waals surface area contributed by atoms with E-state index in [2.05, 4.69) is 91.8 Å². The summed E-state index contributed by atoms with van der Waals surface area (Å²) in [6.07, 6.45) is 85.4. The summed E-state index contributed by atoms with van der Waals surface area (Å²) in [5, 5.41) is 2.56.